The Morgan fingerprint density at radius 2 is 1.81 bits per heavy atom. The molecule has 27 heavy (non-hydrogen) atoms. The maximum atomic E-state index is 12.6. The van der Waals surface area contributed by atoms with E-state index in [1.807, 2.05) is 67.6 Å². The third-order valence-electron chi connectivity index (χ3n) is 4.02. The topological polar surface area (TPSA) is 51.2 Å². The second-order valence-corrected chi connectivity index (χ2v) is 7.47. The molecule has 1 heterocycles. The fraction of sp³-hybridized carbons (Fsp3) is 0.182. The maximum Gasteiger partial charge on any atom is 0.257 e. The van der Waals surface area contributed by atoms with Crippen LogP contribution >= 0.6 is 22.6 Å². The number of hydrogen-bond donors (Lipinski definition) is 1. The van der Waals surface area contributed by atoms with Gasteiger partial charge in [0.05, 0.1) is 11.3 Å². The second-order valence-electron chi connectivity index (χ2n) is 6.23. The number of hydrogen-bond acceptors (Lipinski definition) is 3. The number of amides is 1. The number of aromatic nitrogens is 1. The summed E-state index contributed by atoms with van der Waals surface area (Å²) in [5.74, 6) is 1.26. The van der Waals surface area contributed by atoms with Crippen LogP contribution in [0.5, 0.6) is 11.5 Å². The van der Waals surface area contributed by atoms with E-state index >= 15 is 0 Å². The molecular formula is C22H21IN2O2. The van der Waals surface area contributed by atoms with Crippen LogP contribution in [-0.2, 0) is 6.42 Å². The standard InChI is InChI=1S/C22H21IN2O2/c1-3-6-17-11-12-21(15(2)24-17)22(26)25-18-8-5-10-20(14-18)27-19-9-4-7-16(23)13-19/h4-5,7-14H,3,6H2,1-2H3,(H,25,26). The molecular weight excluding hydrogens is 451 g/mol. The van der Waals surface area contributed by atoms with Crippen LogP contribution in [0.1, 0.15) is 35.1 Å². The van der Waals surface area contributed by atoms with Gasteiger partial charge in [0.15, 0.2) is 0 Å². The maximum absolute atomic E-state index is 12.6. The van der Waals surface area contributed by atoms with Gasteiger partial charge in [-0.3, -0.25) is 9.78 Å². The Labute approximate surface area is 173 Å². The zero-order valence-corrected chi connectivity index (χ0v) is 17.5. The molecule has 0 radical (unpaired) electrons. The number of benzene rings is 2. The van der Waals surface area contributed by atoms with Gasteiger partial charge in [0.1, 0.15) is 11.5 Å². The molecule has 1 amide bonds. The molecule has 3 rings (SSSR count). The predicted molar refractivity (Wildman–Crippen MR) is 117 cm³/mol. The number of pyridine rings is 1. The molecule has 0 aliphatic carbocycles. The van der Waals surface area contributed by atoms with Crippen molar-refractivity contribution in [1.82, 2.24) is 4.98 Å². The van der Waals surface area contributed by atoms with E-state index in [2.05, 4.69) is 39.8 Å². The number of aryl methyl sites for hydroxylation is 2. The number of anilines is 1. The molecule has 0 atom stereocenters. The van der Waals surface area contributed by atoms with Crippen LogP contribution in [0.3, 0.4) is 0 Å². The van der Waals surface area contributed by atoms with E-state index in [4.69, 9.17) is 4.74 Å². The van der Waals surface area contributed by atoms with Crippen LogP contribution in [-0.4, -0.2) is 10.9 Å². The largest absolute Gasteiger partial charge is 0.457 e. The quantitative estimate of drug-likeness (QED) is 0.449. The van der Waals surface area contributed by atoms with E-state index in [1.54, 1.807) is 0 Å². The summed E-state index contributed by atoms with van der Waals surface area (Å²) >= 11 is 2.24. The van der Waals surface area contributed by atoms with Gasteiger partial charge in [0.2, 0.25) is 0 Å². The third kappa shape index (κ3) is 5.29. The highest BCUT2D eigenvalue weighted by Gasteiger charge is 2.11. The van der Waals surface area contributed by atoms with Gasteiger partial charge in [-0.2, -0.15) is 0 Å². The van der Waals surface area contributed by atoms with Gasteiger partial charge in [0.25, 0.3) is 5.91 Å². The van der Waals surface area contributed by atoms with Gasteiger partial charge in [-0.05, 0) is 78.4 Å². The van der Waals surface area contributed by atoms with Crippen molar-refractivity contribution in [2.75, 3.05) is 5.32 Å². The molecule has 1 aromatic heterocycles. The van der Waals surface area contributed by atoms with Crippen LogP contribution in [0, 0.1) is 10.5 Å². The SMILES string of the molecule is CCCc1ccc(C(=O)Nc2cccc(Oc3cccc(I)c3)c2)c(C)n1. The van der Waals surface area contributed by atoms with Crippen molar-refractivity contribution in [3.8, 4) is 11.5 Å². The second kappa shape index (κ2) is 8.99. The Bertz CT molecular complexity index is 957. The van der Waals surface area contributed by atoms with Crippen LogP contribution < -0.4 is 10.1 Å². The summed E-state index contributed by atoms with van der Waals surface area (Å²) < 4.78 is 6.99. The average Bonchev–Trinajstić information content (AvgIpc) is 2.62. The summed E-state index contributed by atoms with van der Waals surface area (Å²) in [6, 6.07) is 18.9. The Morgan fingerprint density at radius 3 is 2.52 bits per heavy atom. The van der Waals surface area contributed by atoms with Crippen LogP contribution in [0.25, 0.3) is 0 Å². The number of nitrogens with zero attached hydrogens (tertiary/aromatic N) is 1. The predicted octanol–water partition coefficient (Wildman–Crippen LogP) is 5.99. The summed E-state index contributed by atoms with van der Waals surface area (Å²) in [5, 5.41) is 2.93. The number of nitrogens with one attached hydrogen (secondary N) is 1. The van der Waals surface area contributed by atoms with E-state index in [-0.39, 0.29) is 5.91 Å². The summed E-state index contributed by atoms with van der Waals surface area (Å²) in [5.41, 5.74) is 3.02. The minimum atomic E-state index is -0.172. The summed E-state index contributed by atoms with van der Waals surface area (Å²) in [7, 11) is 0. The highest BCUT2D eigenvalue weighted by molar-refractivity contribution is 14.1. The summed E-state index contributed by atoms with van der Waals surface area (Å²) in [6.45, 7) is 3.98. The van der Waals surface area contributed by atoms with Crippen LogP contribution in [0.4, 0.5) is 5.69 Å². The first-order valence-corrected chi connectivity index (χ1v) is 9.94. The van der Waals surface area contributed by atoms with Crippen molar-refractivity contribution < 1.29 is 9.53 Å². The van der Waals surface area contributed by atoms with Crippen LogP contribution in [0.15, 0.2) is 60.7 Å². The minimum absolute atomic E-state index is 0.172. The lowest BCUT2D eigenvalue weighted by atomic mass is 10.1. The lowest BCUT2D eigenvalue weighted by Gasteiger charge is -2.11. The number of halogens is 1. The van der Waals surface area contributed by atoms with Crippen molar-refractivity contribution >= 4 is 34.2 Å². The van der Waals surface area contributed by atoms with Crippen molar-refractivity contribution in [2.45, 2.75) is 26.7 Å². The molecule has 1 N–H and O–H groups in total. The van der Waals surface area contributed by atoms with Crippen LogP contribution in [0.2, 0.25) is 0 Å². The zero-order chi connectivity index (χ0) is 19.2. The van der Waals surface area contributed by atoms with E-state index in [0.29, 0.717) is 17.0 Å². The van der Waals surface area contributed by atoms with Gasteiger partial charge < -0.3 is 10.1 Å². The lowest BCUT2D eigenvalue weighted by Crippen LogP contribution is -2.14. The Morgan fingerprint density at radius 1 is 1.07 bits per heavy atom. The number of rotatable bonds is 6. The third-order valence-corrected chi connectivity index (χ3v) is 4.69. The molecule has 0 saturated heterocycles. The van der Waals surface area contributed by atoms with E-state index in [1.165, 1.54) is 0 Å². The number of ether oxygens (including phenoxy) is 1. The molecule has 2 aromatic carbocycles. The highest BCUT2D eigenvalue weighted by atomic mass is 127. The minimum Gasteiger partial charge on any atom is -0.457 e. The highest BCUT2D eigenvalue weighted by Crippen LogP contribution is 2.25. The first kappa shape index (κ1) is 19.4. The van der Waals surface area contributed by atoms with Gasteiger partial charge in [-0.25, -0.2) is 0 Å². The van der Waals surface area contributed by atoms with E-state index < -0.39 is 0 Å². The van der Waals surface area contributed by atoms with Gasteiger partial charge in [0, 0.05) is 21.0 Å². The van der Waals surface area contributed by atoms with E-state index in [0.717, 1.165) is 33.5 Å². The average molecular weight is 472 g/mol. The normalized spacial score (nSPS) is 10.5. The molecule has 5 heteroatoms. The van der Waals surface area contributed by atoms with Crippen molar-refractivity contribution in [3.63, 3.8) is 0 Å². The molecule has 0 unspecified atom stereocenters. The molecule has 0 fully saturated rings. The number of carbonyl (C=O) groups excluding carboxylic acids is 1. The first-order valence-electron chi connectivity index (χ1n) is 8.86. The van der Waals surface area contributed by atoms with Gasteiger partial charge in [-0.1, -0.05) is 25.5 Å². The fourth-order valence-electron chi connectivity index (χ4n) is 2.75. The number of carbonyl (C=O) groups is 1. The summed E-state index contributed by atoms with van der Waals surface area (Å²) in [6.07, 6.45) is 1.95. The molecule has 0 spiro atoms. The molecule has 138 valence electrons. The van der Waals surface area contributed by atoms with Crippen molar-refractivity contribution in [3.05, 3.63) is 81.2 Å². The van der Waals surface area contributed by atoms with E-state index in [9.17, 15) is 4.79 Å². The first-order chi connectivity index (χ1) is 13.0. The van der Waals surface area contributed by atoms with Crippen molar-refractivity contribution in [1.29, 1.82) is 0 Å². The molecule has 0 saturated carbocycles. The molecule has 3 aromatic rings. The smallest absolute Gasteiger partial charge is 0.257 e. The Hall–Kier alpha value is -2.41. The zero-order valence-electron chi connectivity index (χ0n) is 15.3. The summed E-state index contributed by atoms with van der Waals surface area (Å²) in [4.78, 5) is 17.1. The Kier molecular flexibility index (Phi) is 6.45. The molecule has 4 nitrogen and oxygen atoms in total. The lowest BCUT2D eigenvalue weighted by molar-refractivity contribution is 0.102. The van der Waals surface area contributed by atoms with Gasteiger partial charge in [-0.15, -0.1) is 0 Å². The van der Waals surface area contributed by atoms with Gasteiger partial charge >= 0.3 is 0 Å². The fourth-order valence-corrected chi connectivity index (χ4v) is 3.27. The molecule has 0 aliphatic heterocycles. The van der Waals surface area contributed by atoms with Crippen molar-refractivity contribution in [2.24, 2.45) is 0 Å². The monoisotopic (exact) mass is 472 g/mol. The molecule has 0 bridgehead atoms. The Balaban J connectivity index is 1.73. The molecule has 0 aliphatic rings.